The molecule has 116 valence electrons. The van der Waals surface area contributed by atoms with Gasteiger partial charge in [0.1, 0.15) is 1.37 Å². The van der Waals surface area contributed by atoms with Crippen LogP contribution in [0, 0.1) is 17.2 Å². The third-order valence-corrected chi connectivity index (χ3v) is 3.38. The minimum Gasteiger partial charge on any atom is -0.345 e. The van der Waals surface area contributed by atoms with E-state index < -0.39 is 56.3 Å². The molecular weight excluding hydrogens is 288 g/mol. The highest BCUT2D eigenvalue weighted by Crippen LogP contribution is 2.37. The topological polar surface area (TPSA) is 83.2 Å². The largest absolute Gasteiger partial charge is 0.345 e. The molecule has 0 radical (unpaired) electrons. The van der Waals surface area contributed by atoms with E-state index in [9.17, 15) is 5.26 Å². The van der Waals surface area contributed by atoms with Gasteiger partial charge < -0.3 is 4.98 Å². The first-order valence-corrected chi connectivity index (χ1v) is 6.62. The standard InChI is InChI=1S/C17H18N6/c18-7-5-15(12-3-1-2-4-12)23-10-13(9-22-23)16-14-6-8-19-17(14)21-11-20-16/h6,8-12,15H,1-5H2,(H,19,20,21)/t15-/m1/s1/i1D2,2D2,3D2,4D2,5D2,6D,8D,11D. The Balaban J connectivity index is 1.94. The number of rotatable bonds is 4. The normalized spacial score (nSPS) is 34.3. The SMILES string of the molecule is [2H]c1nc2nc([2H])c([2H])c-2c(-c2cnn([C@@H](C3C([2H])([2H])C([2H])([2H])C([2H])([2H])C3([2H])[2H])C([2H])([2H])C#N)c2)[nH]1. The number of hydrogen-bond donors (Lipinski definition) is 1. The molecule has 0 saturated heterocycles. The van der Waals surface area contributed by atoms with E-state index in [-0.39, 0.29) is 28.7 Å². The molecule has 4 rings (SSSR count). The van der Waals surface area contributed by atoms with Crippen LogP contribution in [0.4, 0.5) is 0 Å². The van der Waals surface area contributed by atoms with E-state index in [1.807, 2.05) is 0 Å². The molecule has 3 heterocycles. The number of H-pyrrole nitrogens is 1. The molecule has 3 aliphatic rings. The lowest BCUT2D eigenvalue weighted by molar-refractivity contribution is 0.315. The molecule has 1 aromatic rings. The molecule has 0 aromatic carbocycles. The van der Waals surface area contributed by atoms with Crippen LogP contribution in [0.15, 0.2) is 30.9 Å². The van der Waals surface area contributed by atoms with Crippen LogP contribution in [0.2, 0.25) is 0 Å². The van der Waals surface area contributed by atoms with Crippen molar-refractivity contribution in [3.63, 3.8) is 0 Å². The third kappa shape index (κ3) is 2.48. The highest BCUT2D eigenvalue weighted by Gasteiger charge is 2.27. The number of nitrogens with one attached hydrogen (secondary N) is 1. The quantitative estimate of drug-likeness (QED) is 0.798. The fraction of sp³-hybridized carbons (Fsp3) is 0.412. The van der Waals surface area contributed by atoms with Gasteiger partial charge >= 0.3 is 0 Å². The van der Waals surface area contributed by atoms with E-state index in [1.54, 1.807) is 0 Å². The fourth-order valence-corrected chi connectivity index (χ4v) is 2.33. The van der Waals surface area contributed by atoms with E-state index in [0.29, 0.717) is 0 Å². The molecule has 1 N–H and O–H groups in total. The fourth-order valence-electron chi connectivity index (χ4n) is 2.33. The minimum absolute atomic E-state index is 0.0339. The summed E-state index contributed by atoms with van der Waals surface area (Å²) in [5.41, 5.74) is 0.141. The number of hydrogen-bond acceptors (Lipinski definition) is 4. The minimum atomic E-state index is -3.40. The van der Waals surface area contributed by atoms with Crippen molar-refractivity contribution in [2.45, 2.75) is 37.9 Å². The summed E-state index contributed by atoms with van der Waals surface area (Å²) < 4.78 is 106. The van der Waals surface area contributed by atoms with E-state index in [1.165, 1.54) is 6.07 Å². The Hall–Kier alpha value is -2.68. The maximum absolute atomic E-state index is 9.54. The zero-order valence-corrected chi connectivity index (χ0v) is 11.5. The summed E-state index contributed by atoms with van der Waals surface area (Å²) in [6.45, 7) is 0. The lowest BCUT2D eigenvalue weighted by Gasteiger charge is -2.21. The average Bonchev–Trinajstić information content (AvgIpc) is 3.36. The van der Waals surface area contributed by atoms with Gasteiger partial charge in [-0.3, -0.25) is 4.68 Å². The first kappa shape index (κ1) is 5.75. The molecule has 1 atom stereocenters. The molecule has 0 amide bonds. The van der Waals surface area contributed by atoms with Crippen LogP contribution < -0.4 is 0 Å². The molecule has 1 aliphatic carbocycles. The molecule has 1 saturated carbocycles. The molecule has 1 aromatic heterocycles. The van der Waals surface area contributed by atoms with Gasteiger partial charge in [0.25, 0.3) is 0 Å². The van der Waals surface area contributed by atoms with Crippen LogP contribution in [0.5, 0.6) is 0 Å². The van der Waals surface area contributed by atoms with Crippen LogP contribution >= 0.6 is 0 Å². The number of nitrogens with zero attached hydrogens (tertiary/aromatic N) is 5. The molecule has 0 unspecified atom stereocenters. The van der Waals surface area contributed by atoms with Crippen molar-refractivity contribution < 1.29 is 17.8 Å². The maximum atomic E-state index is 9.54. The van der Waals surface area contributed by atoms with Crippen LogP contribution in [0.1, 0.15) is 55.7 Å². The highest BCUT2D eigenvalue weighted by atomic mass is 15.3. The predicted octanol–water partition coefficient (Wildman–Crippen LogP) is 3.42. The highest BCUT2D eigenvalue weighted by molar-refractivity contribution is 5.77. The molecule has 0 spiro atoms. The zero-order chi connectivity index (χ0) is 27.2. The van der Waals surface area contributed by atoms with E-state index >= 15 is 0 Å². The van der Waals surface area contributed by atoms with Crippen molar-refractivity contribution in [3.8, 4) is 28.7 Å². The summed E-state index contributed by atoms with van der Waals surface area (Å²) in [5, 5.41) is 13.5. The van der Waals surface area contributed by atoms with Gasteiger partial charge in [-0.2, -0.15) is 10.4 Å². The zero-order valence-electron chi connectivity index (χ0n) is 24.5. The molecule has 0 bridgehead atoms. The predicted molar refractivity (Wildman–Crippen MR) is 85.5 cm³/mol. The monoisotopic (exact) mass is 319 g/mol. The third-order valence-electron chi connectivity index (χ3n) is 3.38. The number of aromatic amines is 1. The van der Waals surface area contributed by atoms with Gasteiger partial charge in [0, 0.05) is 37.2 Å². The van der Waals surface area contributed by atoms with Crippen LogP contribution in [-0.4, -0.2) is 24.7 Å². The Labute approximate surface area is 152 Å². The van der Waals surface area contributed by atoms with E-state index in [2.05, 4.69) is 20.1 Å². The number of aromatic nitrogens is 5. The molecule has 23 heavy (non-hydrogen) atoms. The lowest BCUT2D eigenvalue weighted by Crippen LogP contribution is -2.17. The summed E-state index contributed by atoms with van der Waals surface area (Å²) >= 11 is 0. The van der Waals surface area contributed by atoms with Crippen LogP contribution in [0.3, 0.4) is 0 Å². The Kier molecular flexibility index (Phi) is 1.46. The van der Waals surface area contributed by atoms with Gasteiger partial charge in [0.05, 0.1) is 39.4 Å². The number of fused-ring (bicyclic) bond motifs is 1. The van der Waals surface area contributed by atoms with Gasteiger partial charge in [0.15, 0.2) is 5.82 Å². The molecule has 6 nitrogen and oxygen atoms in total. The first-order chi connectivity index (χ1) is 16.3. The summed E-state index contributed by atoms with van der Waals surface area (Å²) in [6, 6.07) is -1.14. The second-order valence-corrected chi connectivity index (χ2v) is 4.70. The van der Waals surface area contributed by atoms with Crippen molar-refractivity contribution in [2.24, 2.45) is 5.92 Å². The van der Waals surface area contributed by atoms with Crippen molar-refractivity contribution in [3.05, 3.63) is 30.9 Å². The smallest absolute Gasteiger partial charge is 0.162 e. The summed E-state index contributed by atoms with van der Waals surface area (Å²) in [5.74, 6) is -2.44. The lowest BCUT2D eigenvalue weighted by atomic mass is 9.96. The van der Waals surface area contributed by atoms with E-state index in [0.717, 1.165) is 17.1 Å². The van der Waals surface area contributed by atoms with Crippen molar-refractivity contribution >= 4 is 0 Å². The Morgan fingerprint density at radius 3 is 3.22 bits per heavy atom. The summed E-state index contributed by atoms with van der Waals surface area (Å²) in [7, 11) is 0. The van der Waals surface area contributed by atoms with Crippen LogP contribution in [-0.2, 0) is 0 Å². The molecule has 6 heteroatoms. The molecule has 2 aliphatic heterocycles. The van der Waals surface area contributed by atoms with Gasteiger partial charge in [0.2, 0.25) is 0 Å². The number of nitriles is 1. The van der Waals surface area contributed by atoms with Gasteiger partial charge in [-0.1, -0.05) is 12.7 Å². The van der Waals surface area contributed by atoms with Crippen LogP contribution in [0.25, 0.3) is 22.6 Å². The second-order valence-electron chi connectivity index (χ2n) is 4.70. The second kappa shape index (κ2) is 5.84. The summed E-state index contributed by atoms with van der Waals surface area (Å²) in [4.78, 5) is 10.2. The first-order valence-electron chi connectivity index (χ1n) is 13.1. The van der Waals surface area contributed by atoms with Crippen molar-refractivity contribution in [1.82, 2.24) is 24.7 Å². The summed E-state index contributed by atoms with van der Waals surface area (Å²) in [6.07, 6.45) is -15.0. The van der Waals surface area contributed by atoms with Gasteiger partial charge in [-0.05, 0) is 24.7 Å². The molecular formula is C17H18N6. The van der Waals surface area contributed by atoms with Crippen molar-refractivity contribution in [2.75, 3.05) is 0 Å². The van der Waals surface area contributed by atoms with Gasteiger partial charge in [-0.15, -0.1) is 0 Å². The van der Waals surface area contributed by atoms with Crippen molar-refractivity contribution in [1.29, 1.82) is 5.26 Å². The average molecular weight is 319 g/mol. The Morgan fingerprint density at radius 1 is 1.52 bits per heavy atom. The van der Waals surface area contributed by atoms with Gasteiger partial charge in [-0.25, -0.2) is 9.97 Å². The van der Waals surface area contributed by atoms with E-state index in [4.69, 9.17) is 17.8 Å². The maximum Gasteiger partial charge on any atom is 0.162 e. The molecule has 1 fully saturated rings. The Bertz CT molecular complexity index is 1330. The Morgan fingerprint density at radius 2 is 2.39 bits per heavy atom.